The van der Waals surface area contributed by atoms with Crippen LogP contribution in [0, 0.1) is 5.41 Å². The Morgan fingerprint density at radius 1 is 1.44 bits per heavy atom. The normalized spacial score (nSPS) is 21.3. The van der Waals surface area contributed by atoms with E-state index in [2.05, 4.69) is 20.7 Å². The van der Waals surface area contributed by atoms with E-state index in [0.29, 0.717) is 12.4 Å². The van der Waals surface area contributed by atoms with Crippen LogP contribution in [-0.4, -0.2) is 27.2 Å². The Bertz CT molecular complexity index is 793. The maximum Gasteiger partial charge on any atom is 0.233 e. The number of nitrogens with zero attached hydrogens (tertiary/aromatic N) is 3. The molecule has 2 N–H and O–H groups in total. The Labute approximate surface area is 152 Å². The zero-order valence-electron chi connectivity index (χ0n) is 14.3. The number of rotatable bonds is 5. The second kappa shape index (κ2) is 6.42. The second-order valence-electron chi connectivity index (χ2n) is 7.07. The van der Waals surface area contributed by atoms with E-state index in [4.69, 9.17) is 11.6 Å². The third kappa shape index (κ3) is 3.28. The quantitative estimate of drug-likeness (QED) is 0.861. The summed E-state index contributed by atoms with van der Waals surface area (Å²) in [5, 5.41) is 11.5. The summed E-state index contributed by atoms with van der Waals surface area (Å²) >= 11 is 6.26. The van der Waals surface area contributed by atoms with Gasteiger partial charge in [-0.3, -0.25) is 10.1 Å². The van der Waals surface area contributed by atoms with Gasteiger partial charge in [-0.15, -0.1) is 0 Å². The van der Waals surface area contributed by atoms with Crippen LogP contribution < -0.4 is 10.6 Å². The van der Waals surface area contributed by atoms with Crippen LogP contribution in [0.5, 0.6) is 0 Å². The standard InChI is InChI=1S/C18H22ClN5O/c1-24-17(21-15(23-24)14-7-4-10-20-14)22-16(25)18(8-9-18)11-12-5-2-3-6-13(12)19/h2-3,5-6,14,20H,4,7-11H2,1H3,(H,21,22,23,25)/t14-/m0/s1. The van der Waals surface area contributed by atoms with Crippen molar-refractivity contribution < 1.29 is 4.79 Å². The molecule has 1 aromatic carbocycles. The number of hydrogen-bond acceptors (Lipinski definition) is 4. The molecule has 1 aromatic heterocycles. The SMILES string of the molecule is Cn1nc([C@@H]2CCCN2)nc1NC(=O)C1(Cc2ccccc2Cl)CC1. The van der Waals surface area contributed by atoms with E-state index in [0.717, 1.165) is 48.6 Å². The van der Waals surface area contributed by atoms with Gasteiger partial charge in [0.15, 0.2) is 5.82 Å². The van der Waals surface area contributed by atoms with Gasteiger partial charge in [0.25, 0.3) is 0 Å². The Balaban J connectivity index is 1.47. The number of nitrogens with one attached hydrogen (secondary N) is 2. The number of aryl methyl sites for hydroxylation is 1. The van der Waals surface area contributed by atoms with E-state index < -0.39 is 0 Å². The minimum absolute atomic E-state index is 0.00820. The van der Waals surface area contributed by atoms with Gasteiger partial charge in [0.2, 0.25) is 11.9 Å². The summed E-state index contributed by atoms with van der Waals surface area (Å²) in [4.78, 5) is 17.4. The third-order valence-corrected chi connectivity index (χ3v) is 5.57. The topological polar surface area (TPSA) is 71.8 Å². The molecule has 1 atom stereocenters. The molecule has 1 saturated heterocycles. The molecular weight excluding hydrogens is 338 g/mol. The average Bonchev–Trinajstić information content (AvgIpc) is 3.02. The van der Waals surface area contributed by atoms with Gasteiger partial charge < -0.3 is 5.32 Å². The summed E-state index contributed by atoms with van der Waals surface area (Å²) in [6.45, 7) is 0.992. The molecule has 1 aliphatic carbocycles. The van der Waals surface area contributed by atoms with Crippen molar-refractivity contribution in [2.75, 3.05) is 11.9 Å². The third-order valence-electron chi connectivity index (χ3n) is 5.20. The first-order valence-electron chi connectivity index (χ1n) is 8.77. The summed E-state index contributed by atoms with van der Waals surface area (Å²) in [5.74, 6) is 1.28. The van der Waals surface area contributed by atoms with Crippen molar-refractivity contribution in [1.29, 1.82) is 0 Å². The van der Waals surface area contributed by atoms with Crippen molar-refractivity contribution >= 4 is 23.5 Å². The number of hydrogen-bond donors (Lipinski definition) is 2. The largest absolute Gasteiger partial charge is 0.307 e. The van der Waals surface area contributed by atoms with Gasteiger partial charge >= 0.3 is 0 Å². The number of anilines is 1. The van der Waals surface area contributed by atoms with Crippen molar-refractivity contribution in [3.8, 4) is 0 Å². The predicted molar refractivity (Wildman–Crippen MR) is 96.4 cm³/mol. The van der Waals surface area contributed by atoms with Gasteiger partial charge in [-0.1, -0.05) is 29.8 Å². The molecule has 1 saturated carbocycles. The van der Waals surface area contributed by atoms with E-state index in [-0.39, 0.29) is 17.4 Å². The molecule has 1 amide bonds. The molecular formula is C18H22ClN5O. The van der Waals surface area contributed by atoms with Gasteiger partial charge in [0.1, 0.15) is 0 Å². The van der Waals surface area contributed by atoms with E-state index in [1.807, 2.05) is 31.3 Å². The minimum atomic E-state index is -0.372. The van der Waals surface area contributed by atoms with Gasteiger partial charge in [-0.05, 0) is 50.3 Å². The fraction of sp³-hybridized carbons (Fsp3) is 0.500. The first-order chi connectivity index (χ1) is 12.1. The summed E-state index contributed by atoms with van der Waals surface area (Å²) in [7, 11) is 1.81. The number of aromatic nitrogens is 3. The highest BCUT2D eigenvalue weighted by Gasteiger charge is 2.50. The summed E-state index contributed by atoms with van der Waals surface area (Å²) < 4.78 is 1.65. The molecule has 2 heterocycles. The number of carbonyl (C=O) groups excluding carboxylic acids is 1. The van der Waals surface area contributed by atoms with Crippen molar-refractivity contribution in [2.45, 2.75) is 38.1 Å². The Hall–Kier alpha value is -1.92. The molecule has 0 radical (unpaired) electrons. The summed E-state index contributed by atoms with van der Waals surface area (Å²) in [5.41, 5.74) is 0.647. The molecule has 6 nitrogen and oxygen atoms in total. The van der Waals surface area contributed by atoms with Crippen LogP contribution in [0.2, 0.25) is 5.02 Å². The predicted octanol–water partition coefficient (Wildman–Crippen LogP) is 2.85. The van der Waals surface area contributed by atoms with Gasteiger partial charge in [0, 0.05) is 12.1 Å². The highest BCUT2D eigenvalue weighted by atomic mass is 35.5. The summed E-state index contributed by atoms with van der Waals surface area (Å²) in [6.07, 6.45) is 4.57. The first-order valence-corrected chi connectivity index (χ1v) is 9.14. The van der Waals surface area contributed by atoms with Crippen molar-refractivity contribution in [3.63, 3.8) is 0 Å². The van der Waals surface area contributed by atoms with Gasteiger partial charge in [-0.25, -0.2) is 4.68 Å². The van der Waals surface area contributed by atoms with Gasteiger partial charge in [-0.2, -0.15) is 10.1 Å². The molecule has 2 fully saturated rings. The first kappa shape index (κ1) is 16.5. The Kier molecular flexibility index (Phi) is 4.25. The molecule has 4 rings (SSSR count). The highest BCUT2D eigenvalue weighted by Crippen LogP contribution is 2.49. The van der Waals surface area contributed by atoms with E-state index in [1.165, 1.54) is 0 Å². The van der Waals surface area contributed by atoms with Crippen LogP contribution in [0.4, 0.5) is 5.95 Å². The molecule has 0 unspecified atom stereocenters. The molecule has 0 spiro atoms. The summed E-state index contributed by atoms with van der Waals surface area (Å²) in [6, 6.07) is 7.91. The molecule has 7 heteroatoms. The van der Waals surface area contributed by atoms with Crippen molar-refractivity contribution in [1.82, 2.24) is 20.1 Å². The van der Waals surface area contributed by atoms with E-state index >= 15 is 0 Å². The monoisotopic (exact) mass is 359 g/mol. The zero-order chi connectivity index (χ0) is 17.4. The number of halogens is 1. The van der Waals surface area contributed by atoms with Crippen molar-refractivity contribution in [2.24, 2.45) is 12.5 Å². The van der Waals surface area contributed by atoms with Gasteiger partial charge in [0.05, 0.1) is 11.5 Å². The number of amides is 1. The highest BCUT2D eigenvalue weighted by molar-refractivity contribution is 6.31. The fourth-order valence-corrected chi connectivity index (χ4v) is 3.64. The lowest BCUT2D eigenvalue weighted by atomic mass is 9.95. The van der Waals surface area contributed by atoms with E-state index in [1.54, 1.807) is 4.68 Å². The lowest BCUT2D eigenvalue weighted by Gasteiger charge is -2.15. The molecule has 2 aliphatic rings. The zero-order valence-corrected chi connectivity index (χ0v) is 15.0. The van der Waals surface area contributed by atoms with E-state index in [9.17, 15) is 4.79 Å². The average molecular weight is 360 g/mol. The van der Waals surface area contributed by atoms with Crippen LogP contribution in [-0.2, 0) is 18.3 Å². The molecule has 132 valence electrons. The molecule has 25 heavy (non-hydrogen) atoms. The maximum absolute atomic E-state index is 12.8. The van der Waals surface area contributed by atoms with Crippen LogP contribution in [0.15, 0.2) is 24.3 Å². The molecule has 2 aromatic rings. The number of carbonyl (C=O) groups is 1. The van der Waals surface area contributed by atoms with Crippen molar-refractivity contribution in [3.05, 3.63) is 40.7 Å². The fourth-order valence-electron chi connectivity index (χ4n) is 3.44. The van der Waals surface area contributed by atoms with Crippen LogP contribution in [0.25, 0.3) is 0 Å². The van der Waals surface area contributed by atoms with Crippen LogP contribution >= 0.6 is 11.6 Å². The Morgan fingerprint density at radius 2 is 2.24 bits per heavy atom. The van der Waals surface area contributed by atoms with Crippen LogP contribution in [0.1, 0.15) is 43.1 Å². The number of benzene rings is 1. The maximum atomic E-state index is 12.8. The smallest absolute Gasteiger partial charge is 0.233 e. The lowest BCUT2D eigenvalue weighted by molar-refractivity contribution is -0.121. The molecule has 1 aliphatic heterocycles. The Morgan fingerprint density at radius 3 is 2.92 bits per heavy atom. The second-order valence-corrected chi connectivity index (χ2v) is 7.48. The lowest BCUT2D eigenvalue weighted by Crippen LogP contribution is -2.27. The minimum Gasteiger partial charge on any atom is -0.307 e. The van der Waals surface area contributed by atoms with Crippen LogP contribution in [0.3, 0.4) is 0 Å². The molecule has 0 bridgehead atoms.